The van der Waals surface area contributed by atoms with E-state index in [2.05, 4.69) is 20.6 Å². The lowest BCUT2D eigenvalue weighted by molar-refractivity contribution is -0.122. The summed E-state index contributed by atoms with van der Waals surface area (Å²) >= 11 is 0. The summed E-state index contributed by atoms with van der Waals surface area (Å²) in [5, 5.41) is 5.87. The number of halogens is 1. The van der Waals surface area contributed by atoms with Gasteiger partial charge in [-0.3, -0.25) is 9.59 Å². The molecule has 1 fully saturated rings. The van der Waals surface area contributed by atoms with Crippen molar-refractivity contribution in [3.05, 3.63) is 42.1 Å². The summed E-state index contributed by atoms with van der Waals surface area (Å²) in [4.78, 5) is 33.0. The molecule has 2 aromatic heterocycles. The van der Waals surface area contributed by atoms with Crippen LogP contribution in [0, 0.1) is 18.7 Å². The second kappa shape index (κ2) is 8.57. The SMILES string of the molecule is CC(=O)NC1(C)CC[C@H](C(=O)Nc2cc(-c3cc(F)c4ncn(C(C)C)c4c3)c(C)cn2)C1. The van der Waals surface area contributed by atoms with E-state index in [4.69, 9.17) is 0 Å². The molecule has 33 heavy (non-hydrogen) atoms. The molecule has 2 atom stereocenters. The van der Waals surface area contributed by atoms with Gasteiger partial charge in [0.1, 0.15) is 11.3 Å². The lowest BCUT2D eigenvalue weighted by Crippen LogP contribution is -2.43. The monoisotopic (exact) mass is 451 g/mol. The van der Waals surface area contributed by atoms with Crippen LogP contribution in [0.1, 0.15) is 58.6 Å². The van der Waals surface area contributed by atoms with Crippen LogP contribution in [0.4, 0.5) is 10.2 Å². The van der Waals surface area contributed by atoms with Crippen molar-refractivity contribution in [2.45, 2.75) is 65.5 Å². The number of hydrogen-bond donors (Lipinski definition) is 2. The van der Waals surface area contributed by atoms with E-state index < -0.39 is 0 Å². The minimum Gasteiger partial charge on any atom is -0.351 e. The number of aromatic nitrogens is 3. The minimum absolute atomic E-state index is 0.0913. The van der Waals surface area contributed by atoms with Gasteiger partial charge in [-0.05, 0) is 81.8 Å². The summed E-state index contributed by atoms with van der Waals surface area (Å²) in [5.74, 6) is -0.376. The summed E-state index contributed by atoms with van der Waals surface area (Å²) < 4.78 is 16.8. The number of imidazole rings is 1. The van der Waals surface area contributed by atoms with Gasteiger partial charge in [-0.15, -0.1) is 0 Å². The van der Waals surface area contributed by atoms with Gasteiger partial charge in [0.25, 0.3) is 0 Å². The highest BCUT2D eigenvalue weighted by Gasteiger charge is 2.39. The van der Waals surface area contributed by atoms with Crippen LogP contribution in [-0.2, 0) is 9.59 Å². The lowest BCUT2D eigenvalue weighted by atomic mass is 9.98. The van der Waals surface area contributed by atoms with Crippen LogP contribution in [0.2, 0.25) is 0 Å². The quantitative estimate of drug-likeness (QED) is 0.585. The predicted octanol–water partition coefficient (Wildman–Crippen LogP) is 4.76. The average molecular weight is 452 g/mol. The van der Waals surface area contributed by atoms with Crippen LogP contribution in [0.15, 0.2) is 30.7 Å². The lowest BCUT2D eigenvalue weighted by Gasteiger charge is -2.25. The molecule has 1 aliphatic rings. The molecule has 1 aliphatic carbocycles. The molecule has 4 rings (SSSR count). The number of carbonyl (C=O) groups is 2. The first-order valence-electron chi connectivity index (χ1n) is 11.3. The first-order valence-corrected chi connectivity index (χ1v) is 11.3. The number of fused-ring (bicyclic) bond motifs is 1. The third-order valence-electron chi connectivity index (χ3n) is 6.44. The van der Waals surface area contributed by atoms with Crippen LogP contribution in [-0.4, -0.2) is 31.9 Å². The Kier molecular flexibility index (Phi) is 5.95. The van der Waals surface area contributed by atoms with E-state index in [0.29, 0.717) is 29.7 Å². The number of nitrogens with zero attached hydrogens (tertiary/aromatic N) is 3. The highest BCUT2D eigenvalue weighted by Crippen LogP contribution is 2.35. The number of pyridine rings is 1. The summed E-state index contributed by atoms with van der Waals surface area (Å²) in [6.07, 6.45) is 5.37. The maximum atomic E-state index is 14.8. The molecule has 1 aromatic carbocycles. The molecule has 3 aromatic rings. The van der Waals surface area contributed by atoms with E-state index in [1.165, 1.54) is 13.0 Å². The number of rotatable bonds is 5. The molecule has 2 amide bonds. The van der Waals surface area contributed by atoms with Gasteiger partial charge >= 0.3 is 0 Å². The summed E-state index contributed by atoms with van der Waals surface area (Å²) in [6.45, 7) is 9.42. The van der Waals surface area contributed by atoms with E-state index in [1.807, 2.05) is 38.3 Å². The van der Waals surface area contributed by atoms with Crippen LogP contribution >= 0.6 is 0 Å². The molecule has 0 aliphatic heterocycles. The number of hydrogen-bond acceptors (Lipinski definition) is 4. The zero-order chi connectivity index (χ0) is 23.9. The maximum Gasteiger partial charge on any atom is 0.228 e. The molecular weight excluding hydrogens is 421 g/mol. The Balaban J connectivity index is 1.60. The van der Waals surface area contributed by atoms with Gasteiger partial charge in [0.2, 0.25) is 11.8 Å². The molecule has 7 nitrogen and oxygen atoms in total. The number of benzene rings is 1. The standard InChI is InChI=1S/C25H30FN5O2/c1-14(2)31-13-28-23-20(26)8-18(9-21(23)31)19-10-22(27-12-15(19)3)29-24(33)17-6-7-25(5,11-17)30-16(4)32/h8-10,12-14,17H,6-7,11H2,1-5H3,(H,30,32)(H,27,29,33)/t17-,25?/m0/s1. The molecule has 0 bridgehead atoms. The number of carbonyl (C=O) groups excluding carboxylic acids is 2. The fraction of sp³-hybridized carbons (Fsp3) is 0.440. The fourth-order valence-corrected chi connectivity index (χ4v) is 4.79. The van der Waals surface area contributed by atoms with Gasteiger partial charge in [0, 0.05) is 30.6 Å². The van der Waals surface area contributed by atoms with E-state index in [0.717, 1.165) is 23.1 Å². The number of amides is 2. The molecule has 1 saturated carbocycles. The van der Waals surface area contributed by atoms with E-state index in [1.54, 1.807) is 18.6 Å². The largest absolute Gasteiger partial charge is 0.351 e. The maximum absolute atomic E-state index is 14.8. The topological polar surface area (TPSA) is 88.9 Å². The third kappa shape index (κ3) is 4.60. The van der Waals surface area contributed by atoms with Gasteiger partial charge in [-0.25, -0.2) is 14.4 Å². The highest BCUT2D eigenvalue weighted by atomic mass is 19.1. The summed E-state index contributed by atoms with van der Waals surface area (Å²) in [5.41, 5.74) is 3.08. The molecule has 174 valence electrons. The van der Waals surface area contributed by atoms with Gasteiger partial charge in [0.15, 0.2) is 5.82 Å². The Morgan fingerprint density at radius 1 is 1.24 bits per heavy atom. The second-order valence-corrected chi connectivity index (χ2v) is 9.63. The minimum atomic E-state index is -0.382. The van der Waals surface area contributed by atoms with Crippen LogP contribution in [0.5, 0.6) is 0 Å². The van der Waals surface area contributed by atoms with Crippen LogP contribution < -0.4 is 10.6 Å². The van der Waals surface area contributed by atoms with Crippen LogP contribution in [0.3, 0.4) is 0 Å². The third-order valence-corrected chi connectivity index (χ3v) is 6.44. The van der Waals surface area contributed by atoms with Crippen molar-refractivity contribution in [3.63, 3.8) is 0 Å². The van der Waals surface area contributed by atoms with E-state index in [9.17, 15) is 14.0 Å². The number of nitrogens with one attached hydrogen (secondary N) is 2. The van der Waals surface area contributed by atoms with Gasteiger partial charge in [0.05, 0.1) is 11.8 Å². The normalized spacial score (nSPS) is 20.4. The Labute approximate surface area is 192 Å². The Morgan fingerprint density at radius 3 is 2.70 bits per heavy atom. The molecule has 0 radical (unpaired) electrons. The molecule has 2 N–H and O–H groups in total. The van der Waals surface area contributed by atoms with Crippen molar-refractivity contribution in [1.29, 1.82) is 0 Å². The predicted molar refractivity (Wildman–Crippen MR) is 126 cm³/mol. The van der Waals surface area contributed by atoms with Crippen molar-refractivity contribution in [1.82, 2.24) is 19.9 Å². The molecule has 8 heteroatoms. The van der Waals surface area contributed by atoms with Crippen LogP contribution in [0.25, 0.3) is 22.2 Å². The Morgan fingerprint density at radius 2 is 2.00 bits per heavy atom. The highest BCUT2D eigenvalue weighted by molar-refractivity contribution is 5.93. The summed E-state index contributed by atoms with van der Waals surface area (Å²) in [6, 6.07) is 5.33. The van der Waals surface area contributed by atoms with E-state index >= 15 is 0 Å². The average Bonchev–Trinajstić information content (AvgIpc) is 3.33. The van der Waals surface area contributed by atoms with Crippen molar-refractivity contribution < 1.29 is 14.0 Å². The van der Waals surface area contributed by atoms with Crippen molar-refractivity contribution in [2.75, 3.05) is 5.32 Å². The zero-order valence-corrected chi connectivity index (χ0v) is 19.7. The zero-order valence-electron chi connectivity index (χ0n) is 19.7. The number of anilines is 1. The first-order chi connectivity index (χ1) is 15.6. The number of aryl methyl sites for hydroxylation is 1. The van der Waals surface area contributed by atoms with Gasteiger partial charge in [-0.1, -0.05) is 0 Å². The molecular formula is C25H30FN5O2. The second-order valence-electron chi connectivity index (χ2n) is 9.63. The molecule has 2 heterocycles. The van der Waals surface area contributed by atoms with Gasteiger partial charge < -0.3 is 15.2 Å². The van der Waals surface area contributed by atoms with Crippen molar-refractivity contribution in [2.24, 2.45) is 5.92 Å². The summed E-state index contributed by atoms with van der Waals surface area (Å²) in [7, 11) is 0. The Hall–Kier alpha value is -3.29. The fourth-order valence-electron chi connectivity index (χ4n) is 4.79. The Bertz CT molecular complexity index is 1240. The van der Waals surface area contributed by atoms with Crippen molar-refractivity contribution in [3.8, 4) is 11.1 Å². The molecule has 0 spiro atoms. The van der Waals surface area contributed by atoms with Crippen molar-refractivity contribution >= 4 is 28.7 Å². The smallest absolute Gasteiger partial charge is 0.228 e. The first kappa shape index (κ1) is 22.9. The van der Waals surface area contributed by atoms with E-state index in [-0.39, 0.29) is 35.1 Å². The molecule has 0 saturated heterocycles. The van der Waals surface area contributed by atoms with Gasteiger partial charge in [-0.2, -0.15) is 0 Å². The molecule has 1 unspecified atom stereocenters.